The molecule has 1 aromatic carbocycles. The minimum atomic E-state index is -4.86. The van der Waals surface area contributed by atoms with Gasteiger partial charge in [0.2, 0.25) is 0 Å². The number of carbonyl (C=O) groups excluding carboxylic acids is 1. The highest BCUT2D eigenvalue weighted by Crippen LogP contribution is 2.37. The third-order valence-electron chi connectivity index (χ3n) is 4.65. The van der Waals surface area contributed by atoms with Crippen LogP contribution in [0.15, 0.2) is 18.2 Å². The highest BCUT2D eigenvalue weighted by atomic mass is 19.4. The summed E-state index contributed by atoms with van der Waals surface area (Å²) >= 11 is 0. The molecule has 22 heavy (non-hydrogen) atoms. The molecule has 6 heteroatoms. The number of hydrogen-bond acceptors (Lipinski definition) is 2. The number of halogens is 4. The number of benzene rings is 1. The van der Waals surface area contributed by atoms with Gasteiger partial charge >= 0.3 is 6.18 Å². The lowest BCUT2D eigenvalue weighted by Gasteiger charge is -2.40. The Kier molecular flexibility index (Phi) is 3.97. The maximum Gasteiger partial charge on any atom is 0.419 e. The first kappa shape index (κ1) is 15.5. The summed E-state index contributed by atoms with van der Waals surface area (Å²) in [5.41, 5.74) is -1.96. The van der Waals surface area contributed by atoms with E-state index in [-0.39, 0.29) is 12.1 Å². The van der Waals surface area contributed by atoms with Crippen molar-refractivity contribution >= 4 is 5.78 Å². The largest absolute Gasteiger partial charge is 0.419 e. The van der Waals surface area contributed by atoms with Crippen molar-refractivity contribution < 1.29 is 22.4 Å². The monoisotopic (exact) mass is 315 g/mol. The molecule has 1 aromatic rings. The number of carbonyl (C=O) groups is 1. The Morgan fingerprint density at radius 2 is 1.77 bits per heavy atom. The van der Waals surface area contributed by atoms with Gasteiger partial charge in [0.1, 0.15) is 11.4 Å². The summed E-state index contributed by atoms with van der Waals surface area (Å²) < 4.78 is 52.8. The van der Waals surface area contributed by atoms with Gasteiger partial charge in [0, 0.05) is 23.6 Å². The highest BCUT2D eigenvalue weighted by molar-refractivity contribution is 5.99. The Bertz CT molecular complexity index is 572. The van der Waals surface area contributed by atoms with Crippen LogP contribution in [0, 0.1) is 11.7 Å². The van der Waals surface area contributed by atoms with Crippen molar-refractivity contribution in [2.24, 2.45) is 5.92 Å². The molecule has 2 atom stereocenters. The molecular formula is C16H17F4NO. The van der Waals surface area contributed by atoms with Gasteiger partial charge in [-0.2, -0.15) is 13.2 Å². The van der Waals surface area contributed by atoms with E-state index in [1.807, 2.05) is 0 Å². The third-order valence-corrected chi connectivity index (χ3v) is 4.65. The van der Waals surface area contributed by atoms with E-state index in [4.69, 9.17) is 0 Å². The van der Waals surface area contributed by atoms with Crippen LogP contribution in [0.2, 0.25) is 0 Å². The predicted molar refractivity (Wildman–Crippen MR) is 73.0 cm³/mol. The number of alkyl halides is 3. The summed E-state index contributed by atoms with van der Waals surface area (Å²) in [6.07, 6.45) is -0.840. The summed E-state index contributed by atoms with van der Waals surface area (Å²) in [6.45, 7) is 0. The average Bonchev–Trinajstić information content (AvgIpc) is 2.44. The molecule has 3 rings (SSSR count). The van der Waals surface area contributed by atoms with Gasteiger partial charge in [-0.3, -0.25) is 4.79 Å². The molecule has 120 valence electrons. The Morgan fingerprint density at radius 3 is 2.36 bits per heavy atom. The van der Waals surface area contributed by atoms with Crippen LogP contribution in [-0.2, 0) is 6.18 Å². The Hall–Kier alpha value is -1.43. The standard InChI is InChI=1S/C16H17F4NO/c17-13-6-2-5-12(14(13)16(18,19)20)15(22)9-7-10-3-1-4-11(8-9)21-10/h2,5-6,9-11,21H,1,3-4,7-8H2. The number of hydrogen-bond donors (Lipinski definition) is 1. The van der Waals surface area contributed by atoms with Gasteiger partial charge in [-0.15, -0.1) is 0 Å². The maximum atomic E-state index is 13.6. The van der Waals surface area contributed by atoms with Crippen molar-refractivity contribution in [2.75, 3.05) is 0 Å². The van der Waals surface area contributed by atoms with E-state index in [0.717, 1.165) is 31.4 Å². The fourth-order valence-electron chi connectivity index (χ4n) is 3.72. The van der Waals surface area contributed by atoms with Crippen LogP contribution in [-0.4, -0.2) is 17.9 Å². The van der Waals surface area contributed by atoms with Crippen LogP contribution in [0.5, 0.6) is 0 Å². The summed E-state index contributed by atoms with van der Waals surface area (Å²) in [5, 5.41) is 3.40. The molecule has 2 aliphatic rings. The number of fused-ring (bicyclic) bond motifs is 2. The molecule has 2 saturated heterocycles. The molecule has 2 bridgehead atoms. The molecule has 2 unspecified atom stereocenters. The van der Waals surface area contributed by atoms with E-state index < -0.39 is 34.8 Å². The molecule has 2 heterocycles. The lowest BCUT2D eigenvalue weighted by atomic mass is 9.76. The van der Waals surface area contributed by atoms with Crippen LogP contribution in [0.4, 0.5) is 17.6 Å². The van der Waals surface area contributed by atoms with Gasteiger partial charge in [-0.1, -0.05) is 18.6 Å². The van der Waals surface area contributed by atoms with E-state index >= 15 is 0 Å². The normalized spacial score (nSPS) is 28.5. The molecule has 0 radical (unpaired) electrons. The van der Waals surface area contributed by atoms with E-state index in [1.165, 1.54) is 6.07 Å². The molecular weight excluding hydrogens is 298 g/mol. The topological polar surface area (TPSA) is 29.1 Å². The maximum absolute atomic E-state index is 13.6. The highest BCUT2D eigenvalue weighted by Gasteiger charge is 2.41. The molecule has 2 aliphatic heterocycles. The van der Waals surface area contributed by atoms with E-state index in [2.05, 4.69) is 5.32 Å². The Labute approximate surface area is 125 Å². The fourth-order valence-corrected chi connectivity index (χ4v) is 3.72. The van der Waals surface area contributed by atoms with Gasteiger partial charge < -0.3 is 5.32 Å². The first-order valence-electron chi connectivity index (χ1n) is 7.52. The number of rotatable bonds is 2. The number of nitrogens with one attached hydrogen (secondary N) is 1. The third kappa shape index (κ3) is 2.89. The van der Waals surface area contributed by atoms with Crippen LogP contribution >= 0.6 is 0 Å². The van der Waals surface area contributed by atoms with Gasteiger partial charge in [0.25, 0.3) is 0 Å². The predicted octanol–water partition coefficient (Wildman–Crippen LogP) is 3.95. The number of Topliss-reactive ketones (excluding diaryl/α,β-unsaturated/α-hetero) is 1. The second kappa shape index (κ2) is 5.65. The van der Waals surface area contributed by atoms with Gasteiger partial charge in [0.15, 0.2) is 5.78 Å². The zero-order valence-corrected chi connectivity index (χ0v) is 11.9. The first-order valence-corrected chi connectivity index (χ1v) is 7.52. The molecule has 0 spiro atoms. The van der Waals surface area contributed by atoms with Crippen molar-refractivity contribution in [1.29, 1.82) is 0 Å². The zero-order valence-electron chi connectivity index (χ0n) is 11.9. The van der Waals surface area contributed by atoms with Crippen molar-refractivity contribution in [3.8, 4) is 0 Å². The second-order valence-electron chi connectivity index (χ2n) is 6.18. The van der Waals surface area contributed by atoms with E-state index in [9.17, 15) is 22.4 Å². The van der Waals surface area contributed by atoms with E-state index in [1.54, 1.807) is 0 Å². The van der Waals surface area contributed by atoms with Crippen LogP contribution in [0.1, 0.15) is 48.0 Å². The summed E-state index contributed by atoms with van der Waals surface area (Å²) in [7, 11) is 0. The number of piperidine rings is 2. The minimum absolute atomic E-state index is 0.185. The Balaban J connectivity index is 1.91. The first-order chi connectivity index (χ1) is 10.4. The van der Waals surface area contributed by atoms with Gasteiger partial charge in [0.05, 0.1) is 0 Å². The smallest absolute Gasteiger partial charge is 0.311 e. The number of ketones is 1. The Morgan fingerprint density at radius 1 is 1.14 bits per heavy atom. The quantitative estimate of drug-likeness (QED) is 0.661. The van der Waals surface area contributed by atoms with Crippen LogP contribution < -0.4 is 5.32 Å². The molecule has 0 aromatic heterocycles. The summed E-state index contributed by atoms with van der Waals surface area (Å²) in [5.74, 6) is -2.42. The van der Waals surface area contributed by atoms with E-state index in [0.29, 0.717) is 12.8 Å². The molecule has 0 saturated carbocycles. The second-order valence-corrected chi connectivity index (χ2v) is 6.18. The average molecular weight is 315 g/mol. The van der Waals surface area contributed by atoms with Crippen LogP contribution in [0.25, 0.3) is 0 Å². The molecule has 0 amide bonds. The fraction of sp³-hybridized carbons (Fsp3) is 0.562. The minimum Gasteiger partial charge on any atom is -0.311 e. The van der Waals surface area contributed by atoms with Crippen molar-refractivity contribution in [3.05, 3.63) is 35.1 Å². The SMILES string of the molecule is O=C(c1cccc(F)c1C(F)(F)F)C1CC2CCCC(C1)N2. The molecule has 2 nitrogen and oxygen atoms in total. The van der Waals surface area contributed by atoms with Gasteiger partial charge in [-0.25, -0.2) is 4.39 Å². The van der Waals surface area contributed by atoms with Gasteiger partial charge in [-0.05, 0) is 31.7 Å². The van der Waals surface area contributed by atoms with Crippen molar-refractivity contribution in [2.45, 2.75) is 50.4 Å². The van der Waals surface area contributed by atoms with Crippen LogP contribution in [0.3, 0.4) is 0 Å². The lowest BCUT2D eigenvalue weighted by molar-refractivity contribution is -0.140. The molecule has 1 N–H and O–H groups in total. The van der Waals surface area contributed by atoms with Crippen molar-refractivity contribution in [3.63, 3.8) is 0 Å². The zero-order chi connectivity index (χ0) is 15.9. The lowest BCUT2D eigenvalue weighted by Crippen LogP contribution is -2.50. The summed E-state index contributed by atoms with van der Waals surface area (Å²) in [6, 6.07) is 3.37. The molecule has 2 fully saturated rings. The van der Waals surface area contributed by atoms with Crippen molar-refractivity contribution in [1.82, 2.24) is 5.32 Å². The molecule has 0 aliphatic carbocycles. The summed E-state index contributed by atoms with van der Waals surface area (Å²) in [4.78, 5) is 12.6.